The number of hydrogen-bond acceptors (Lipinski definition) is 5. The van der Waals surface area contributed by atoms with E-state index in [2.05, 4.69) is 20.7 Å². The molecule has 8 heteroatoms. The molecule has 4 aromatic rings. The van der Waals surface area contributed by atoms with Crippen molar-refractivity contribution in [2.75, 3.05) is 0 Å². The van der Waals surface area contributed by atoms with E-state index in [1.807, 2.05) is 42.5 Å². The molecule has 29 heavy (non-hydrogen) atoms. The highest BCUT2D eigenvalue weighted by Crippen LogP contribution is 2.22. The number of nitro benzene ring substituents is 1. The predicted octanol–water partition coefficient (Wildman–Crippen LogP) is 3.90. The van der Waals surface area contributed by atoms with E-state index in [1.54, 1.807) is 18.3 Å². The molecule has 0 bridgehead atoms. The van der Waals surface area contributed by atoms with Crippen LogP contribution in [0, 0.1) is 10.1 Å². The number of carbonyl (C=O) groups is 1. The van der Waals surface area contributed by atoms with Crippen molar-refractivity contribution in [3.05, 3.63) is 94.2 Å². The third kappa shape index (κ3) is 3.86. The molecule has 0 saturated heterocycles. The minimum absolute atomic E-state index is 0.0452. The zero-order valence-corrected chi connectivity index (χ0v) is 15.1. The largest absolute Gasteiger partial charge is 0.289 e. The number of amides is 1. The van der Waals surface area contributed by atoms with E-state index < -0.39 is 10.8 Å². The van der Waals surface area contributed by atoms with Crippen LogP contribution >= 0.6 is 0 Å². The van der Waals surface area contributed by atoms with Gasteiger partial charge in [-0.1, -0.05) is 54.6 Å². The van der Waals surface area contributed by atoms with Gasteiger partial charge in [0.1, 0.15) is 5.69 Å². The number of nitrogens with zero attached hydrogens (tertiary/aromatic N) is 3. The van der Waals surface area contributed by atoms with Gasteiger partial charge in [-0.3, -0.25) is 20.0 Å². The lowest BCUT2D eigenvalue weighted by atomic mass is 10.1. The van der Waals surface area contributed by atoms with Crippen molar-refractivity contribution in [2.24, 2.45) is 5.10 Å². The van der Waals surface area contributed by atoms with Crippen molar-refractivity contribution < 1.29 is 9.72 Å². The van der Waals surface area contributed by atoms with Crippen molar-refractivity contribution in [2.45, 2.75) is 0 Å². The number of rotatable bonds is 5. The van der Waals surface area contributed by atoms with Crippen LogP contribution in [0.15, 0.2) is 77.9 Å². The Balaban J connectivity index is 1.49. The molecule has 8 nitrogen and oxygen atoms in total. The first-order chi connectivity index (χ1) is 14.1. The number of carbonyl (C=O) groups excluding carboxylic acids is 1. The van der Waals surface area contributed by atoms with Crippen LogP contribution in [-0.2, 0) is 0 Å². The number of hydrazone groups is 1. The van der Waals surface area contributed by atoms with Gasteiger partial charge in [0.25, 0.3) is 11.6 Å². The first kappa shape index (κ1) is 18.1. The normalized spacial score (nSPS) is 11.0. The minimum atomic E-state index is -0.480. The van der Waals surface area contributed by atoms with Crippen LogP contribution < -0.4 is 5.43 Å². The van der Waals surface area contributed by atoms with E-state index in [1.165, 1.54) is 18.2 Å². The molecule has 1 amide bonds. The maximum absolute atomic E-state index is 12.3. The van der Waals surface area contributed by atoms with Gasteiger partial charge >= 0.3 is 0 Å². The molecule has 1 aromatic heterocycles. The molecule has 0 saturated carbocycles. The van der Waals surface area contributed by atoms with E-state index in [-0.39, 0.29) is 11.4 Å². The topological polar surface area (TPSA) is 113 Å². The van der Waals surface area contributed by atoms with E-state index in [0.29, 0.717) is 11.3 Å². The Morgan fingerprint density at radius 2 is 1.86 bits per heavy atom. The highest BCUT2D eigenvalue weighted by atomic mass is 16.6. The van der Waals surface area contributed by atoms with E-state index in [9.17, 15) is 14.9 Å². The molecular formula is C21H15N5O3. The summed E-state index contributed by atoms with van der Waals surface area (Å²) in [4.78, 5) is 22.7. The third-order valence-corrected chi connectivity index (χ3v) is 4.37. The molecule has 3 aromatic carbocycles. The van der Waals surface area contributed by atoms with Gasteiger partial charge in [-0.2, -0.15) is 10.2 Å². The molecule has 0 unspecified atom stereocenters. The number of non-ortho nitro benzene ring substituents is 1. The zero-order chi connectivity index (χ0) is 20.2. The second-order valence-corrected chi connectivity index (χ2v) is 6.24. The monoisotopic (exact) mass is 385 g/mol. The van der Waals surface area contributed by atoms with Crippen molar-refractivity contribution in [3.8, 4) is 11.3 Å². The fourth-order valence-electron chi connectivity index (χ4n) is 2.95. The van der Waals surface area contributed by atoms with Gasteiger partial charge in [-0.25, -0.2) is 5.43 Å². The Labute approximate surface area is 165 Å². The van der Waals surface area contributed by atoms with E-state index in [0.717, 1.165) is 16.3 Å². The number of hydrogen-bond donors (Lipinski definition) is 2. The summed E-state index contributed by atoms with van der Waals surface area (Å²) in [6.07, 6.45) is 1.58. The van der Waals surface area contributed by atoms with Crippen molar-refractivity contribution in [1.82, 2.24) is 15.6 Å². The number of H-pyrrole nitrogens is 1. The SMILES string of the molecule is O=C(NN=Cc1cccc2ccccc12)c1cc(-c2cccc([N+](=O)[O-])c2)n[nH]1. The summed E-state index contributed by atoms with van der Waals surface area (Å²) in [5.41, 5.74) is 4.45. The number of nitrogens with one attached hydrogen (secondary N) is 2. The Morgan fingerprint density at radius 1 is 1.07 bits per heavy atom. The van der Waals surface area contributed by atoms with Crippen LogP contribution in [-0.4, -0.2) is 27.2 Å². The minimum Gasteiger partial charge on any atom is -0.272 e. The van der Waals surface area contributed by atoms with E-state index in [4.69, 9.17) is 0 Å². The number of fused-ring (bicyclic) bond motifs is 1. The molecule has 2 N–H and O–H groups in total. The molecule has 0 aliphatic rings. The average molecular weight is 385 g/mol. The number of benzene rings is 3. The zero-order valence-electron chi connectivity index (χ0n) is 15.1. The third-order valence-electron chi connectivity index (χ3n) is 4.37. The van der Waals surface area contributed by atoms with Crippen molar-refractivity contribution in [3.63, 3.8) is 0 Å². The lowest BCUT2D eigenvalue weighted by Crippen LogP contribution is -2.18. The summed E-state index contributed by atoms with van der Waals surface area (Å²) < 4.78 is 0. The fourth-order valence-corrected chi connectivity index (χ4v) is 2.95. The first-order valence-corrected chi connectivity index (χ1v) is 8.73. The van der Waals surface area contributed by atoms with Gasteiger partial charge in [0, 0.05) is 23.3 Å². The molecule has 1 heterocycles. The summed E-state index contributed by atoms with van der Waals surface area (Å²) in [7, 11) is 0. The standard InChI is InChI=1S/C21H15N5O3/c27-21(25-22-13-16-8-3-6-14-5-1-2-10-18(14)16)20-12-19(23-24-20)15-7-4-9-17(11-15)26(28)29/h1-13H,(H,23,24)(H,25,27). The Hall–Kier alpha value is -4.33. The molecular weight excluding hydrogens is 370 g/mol. The van der Waals surface area contributed by atoms with Crippen LogP contribution in [0.2, 0.25) is 0 Å². The van der Waals surface area contributed by atoms with Gasteiger partial charge in [0.2, 0.25) is 0 Å². The summed E-state index contributed by atoms with van der Waals surface area (Å²) in [5, 5.41) is 23.7. The van der Waals surface area contributed by atoms with Crippen LogP contribution in [0.4, 0.5) is 5.69 Å². The van der Waals surface area contributed by atoms with Crippen LogP contribution in [0.5, 0.6) is 0 Å². The average Bonchev–Trinajstić information content (AvgIpc) is 3.24. The van der Waals surface area contributed by atoms with Crippen LogP contribution in [0.1, 0.15) is 16.1 Å². The lowest BCUT2D eigenvalue weighted by molar-refractivity contribution is -0.384. The van der Waals surface area contributed by atoms with Gasteiger partial charge in [0.05, 0.1) is 16.8 Å². The van der Waals surface area contributed by atoms with Crippen LogP contribution in [0.3, 0.4) is 0 Å². The highest BCUT2D eigenvalue weighted by Gasteiger charge is 2.13. The van der Waals surface area contributed by atoms with Gasteiger partial charge in [-0.05, 0) is 16.8 Å². The molecule has 0 aliphatic heterocycles. The Kier molecular flexibility index (Phi) is 4.81. The molecule has 0 spiro atoms. The Bertz CT molecular complexity index is 1240. The summed E-state index contributed by atoms with van der Waals surface area (Å²) in [6, 6.07) is 21.3. The van der Waals surface area contributed by atoms with Gasteiger partial charge in [0.15, 0.2) is 0 Å². The summed E-state index contributed by atoms with van der Waals surface area (Å²) in [5.74, 6) is -0.467. The second-order valence-electron chi connectivity index (χ2n) is 6.24. The maximum atomic E-state index is 12.3. The second kappa shape index (κ2) is 7.73. The molecule has 0 aliphatic carbocycles. The number of aromatic nitrogens is 2. The quantitative estimate of drug-likeness (QED) is 0.308. The van der Waals surface area contributed by atoms with Gasteiger partial charge in [-0.15, -0.1) is 0 Å². The fraction of sp³-hybridized carbons (Fsp3) is 0. The molecule has 0 atom stereocenters. The summed E-state index contributed by atoms with van der Waals surface area (Å²) >= 11 is 0. The predicted molar refractivity (Wildman–Crippen MR) is 110 cm³/mol. The number of nitro groups is 1. The van der Waals surface area contributed by atoms with Crippen molar-refractivity contribution >= 4 is 28.6 Å². The maximum Gasteiger partial charge on any atom is 0.289 e. The van der Waals surface area contributed by atoms with E-state index >= 15 is 0 Å². The number of aromatic amines is 1. The highest BCUT2D eigenvalue weighted by molar-refractivity contribution is 6.00. The molecule has 0 radical (unpaired) electrons. The first-order valence-electron chi connectivity index (χ1n) is 8.73. The smallest absolute Gasteiger partial charge is 0.272 e. The molecule has 4 rings (SSSR count). The lowest BCUT2D eigenvalue weighted by Gasteiger charge is -2.01. The molecule has 142 valence electrons. The van der Waals surface area contributed by atoms with Gasteiger partial charge < -0.3 is 0 Å². The van der Waals surface area contributed by atoms with Crippen molar-refractivity contribution in [1.29, 1.82) is 0 Å². The van der Waals surface area contributed by atoms with Crippen LogP contribution in [0.25, 0.3) is 22.0 Å². The Morgan fingerprint density at radius 3 is 2.72 bits per heavy atom. The molecule has 0 fully saturated rings. The summed E-state index contributed by atoms with van der Waals surface area (Å²) in [6.45, 7) is 0.